The lowest BCUT2D eigenvalue weighted by atomic mass is 9.97. The smallest absolute Gasteiger partial charge is 0.368 e. The van der Waals surface area contributed by atoms with E-state index < -0.39 is 59.4 Å². The van der Waals surface area contributed by atoms with Gasteiger partial charge in [-0.1, -0.05) is 25.5 Å². The third kappa shape index (κ3) is 6.03. The van der Waals surface area contributed by atoms with Gasteiger partial charge >= 0.3 is 6.18 Å². The van der Waals surface area contributed by atoms with Crippen LogP contribution in [0.25, 0.3) is 10.9 Å². The van der Waals surface area contributed by atoms with E-state index in [1.54, 1.807) is 12.1 Å². The number of aromatic amines is 1. The van der Waals surface area contributed by atoms with Gasteiger partial charge in [-0.15, -0.1) is 0 Å². The number of primary amides is 1. The number of rotatable bonds is 8. The molecule has 4 N–H and O–H groups in total. The van der Waals surface area contributed by atoms with Crippen LogP contribution in [0.3, 0.4) is 0 Å². The molecule has 252 valence electrons. The van der Waals surface area contributed by atoms with E-state index in [1.165, 1.54) is 11.8 Å². The number of nitrogens with one attached hydrogen (secondary N) is 2. The maximum absolute atomic E-state index is 14.1. The van der Waals surface area contributed by atoms with Gasteiger partial charge in [0.05, 0.1) is 11.6 Å². The van der Waals surface area contributed by atoms with Crippen LogP contribution in [-0.2, 0) is 31.7 Å². The normalized spacial score (nSPS) is 24.9. The first kappa shape index (κ1) is 32.7. The molecule has 0 radical (unpaired) electrons. The number of piperidine rings is 1. The Hall–Kier alpha value is -4.20. The highest BCUT2D eigenvalue weighted by Crippen LogP contribution is 2.65. The topological polar surface area (TPSA) is 152 Å². The number of aromatic nitrogens is 3. The highest BCUT2D eigenvalue weighted by atomic mass is 19.4. The predicted molar refractivity (Wildman–Crippen MR) is 165 cm³/mol. The molecule has 2 aromatic heterocycles. The lowest BCUT2D eigenvalue weighted by Crippen LogP contribution is -2.55. The average Bonchev–Trinajstić information content (AvgIpc) is 3.39. The number of alkyl halides is 3. The molecule has 3 amide bonds. The molecule has 3 aromatic rings. The maximum atomic E-state index is 14.1. The van der Waals surface area contributed by atoms with Crippen molar-refractivity contribution >= 4 is 28.6 Å². The Morgan fingerprint density at radius 1 is 1.19 bits per heavy atom. The van der Waals surface area contributed by atoms with Crippen LogP contribution in [0.4, 0.5) is 13.2 Å². The fourth-order valence-electron chi connectivity index (χ4n) is 7.43. The van der Waals surface area contributed by atoms with Crippen LogP contribution in [0.15, 0.2) is 35.1 Å². The van der Waals surface area contributed by atoms with Gasteiger partial charge < -0.3 is 25.7 Å². The van der Waals surface area contributed by atoms with E-state index in [0.29, 0.717) is 18.5 Å². The van der Waals surface area contributed by atoms with Crippen molar-refractivity contribution in [3.05, 3.63) is 63.2 Å². The molecule has 1 saturated carbocycles. The second kappa shape index (κ2) is 11.8. The maximum Gasteiger partial charge on any atom is 0.435 e. The molecule has 14 heteroatoms. The average molecular weight is 657 g/mol. The van der Waals surface area contributed by atoms with E-state index in [9.17, 15) is 32.3 Å². The number of pyridine rings is 1. The summed E-state index contributed by atoms with van der Waals surface area (Å²) in [5, 5.41) is 7.25. The first-order valence-corrected chi connectivity index (χ1v) is 15.9. The monoisotopic (exact) mass is 656 g/mol. The number of aryl methyl sites for hydroxylation is 1. The van der Waals surface area contributed by atoms with Crippen molar-refractivity contribution in [2.75, 3.05) is 13.2 Å². The first-order valence-electron chi connectivity index (χ1n) is 15.9. The third-order valence-electron chi connectivity index (χ3n) is 10.2. The molecule has 1 aromatic carbocycles. The summed E-state index contributed by atoms with van der Waals surface area (Å²) in [6, 6.07) is 5.82. The van der Waals surface area contributed by atoms with Crippen LogP contribution in [0.2, 0.25) is 0 Å². The van der Waals surface area contributed by atoms with Gasteiger partial charge in [0.1, 0.15) is 18.3 Å². The zero-order valence-electron chi connectivity index (χ0n) is 26.7. The molecule has 11 nitrogen and oxygen atoms in total. The minimum atomic E-state index is -4.73. The van der Waals surface area contributed by atoms with Crippen LogP contribution >= 0.6 is 0 Å². The molecule has 4 heterocycles. The Balaban J connectivity index is 1.26. The van der Waals surface area contributed by atoms with E-state index in [1.807, 2.05) is 32.9 Å². The molecule has 2 aliphatic heterocycles. The Labute approximate surface area is 269 Å². The Morgan fingerprint density at radius 2 is 1.94 bits per heavy atom. The van der Waals surface area contributed by atoms with E-state index in [4.69, 9.17) is 10.5 Å². The molecule has 0 bridgehead atoms. The second-order valence-electron chi connectivity index (χ2n) is 13.7. The Kier molecular flexibility index (Phi) is 8.22. The fraction of sp³-hybridized carbons (Fsp3) is 0.545. The molecule has 0 spiro atoms. The van der Waals surface area contributed by atoms with Gasteiger partial charge in [-0.3, -0.25) is 19.2 Å². The van der Waals surface area contributed by atoms with Gasteiger partial charge in [0.25, 0.3) is 5.56 Å². The van der Waals surface area contributed by atoms with Gasteiger partial charge in [-0.05, 0) is 80.0 Å². The highest BCUT2D eigenvalue weighted by molar-refractivity contribution is 5.94. The largest absolute Gasteiger partial charge is 0.435 e. The van der Waals surface area contributed by atoms with E-state index in [0.717, 1.165) is 34.5 Å². The quantitative estimate of drug-likeness (QED) is 0.337. The number of fused-ring (bicyclic) bond motifs is 2. The van der Waals surface area contributed by atoms with E-state index in [-0.39, 0.29) is 41.5 Å². The number of H-pyrrole nitrogens is 1. The number of benzene rings is 1. The van der Waals surface area contributed by atoms with E-state index >= 15 is 0 Å². The van der Waals surface area contributed by atoms with Crippen molar-refractivity contribution in [1.82, 2.24) is 25.0 Å². The van der Waals surface area contributed by atoms with Gasteiger partial charge in [0.2, 0.25) is 17.7 Å². The Morgan fingerprint density at radius 3 is 2.60 bits per heavy atom. The lowest BCUT2D eigenvalue weighted by molar-refractivity contribution is -0.142. The molecule has 6 atom stereocenters. The lowest BCUT2D eigenvalue weighted by Gasteiger charge is -2.33. The number of hydrogen-bond donors (Lipinski definition) is 3. The summed E-state index contributed by atoms with van der Waals surface area (Å²) in [6.45, 7) is 7.98. The summed E-state index contributed by atoms with van der Waals surface area (Å²) in [6.07, 6.45) is -3.67. The number of nitrogens with zero attached hydrogens (tertiary/aromatic N) is 3. The molecular weight excluding hydrogens is 617 g/mol. The molecule has 1 aliphatic carbocycles. The van der Waals surface area contributed by atoms with Crippen molar-refractivity contribution in [1.29, 1.82) is 0 Å². The SMILES string of the molecule is Cc1ccc2[nH]c(=O)c(C[C@H](NC(=O)[C@@H]3[C@@H]4[C@H](CN3C(=O)C(C)c3cc(C(F)(F)F)nn3C3CCCCO3)C4(C)C)C(N)=O)cc2c1. The first-order chi connectivity index (χ1) is 22.1. The number of nitrogens with two attached hydrogens (primary N) is 1. The van der Waals surface area contributed by atoms with Crippen LogP contribution in [-0.4, -0.2) is 62.6 Å². The highest BCUT2D eigenvalue weighted by Gasteiger charge is 2.69. The van der Waals surface area contributed by atoms with Crippen molar-refractivity contribution < 1.29 is 32.3 Å². The van der Waals surface area contributed by atoms with Crippen molar-refractivity contribution in [2.45, 2.75) is 83.8 Å². The standard InChI is InChI=1S/C33H39F3N6O5/c1-16-8-9-21-18(11-16)12-19(29(44)38-21)13-22(28(37)43)39-30(45)27-26-20(32(26,3)4)15-41(27)31(46)17(2)23-14-24(33(34,35)36)40-42(23)25-7-5-6-10-47-25/h8-9,11-12,14,17,20,22,25-27H,5-7,10,13,15H2,1-4H3,(H2,37,43)(H,38,44)(H,39,45)/t17?,20-,22-,25?,26-,27-/m0/s1. The summed E-state index contributed by atoms with van der Waals surface area (Å²) in [5.41, 5.74) is 5.78. The second-order valence-corrected chi connectivity index (χ2v) is 13.7. The molecular formula is C33H39F3N6O5. The molecule has 3 aliphatic rings. The predicted octanol–water partition coefficient (Wildman–Crippen LogP) is 3.55. The summed E-state index contributed by atoms with van der Waals surface area (Å²) < 4.78 is 48.2. The number of likely N-dealkylation sites (tertiary alicyclic amines) is 1. The van der Waals surface area contributed by atoms with Crippen LogP contribution in [0, 0.1) is 24.2 Å². The fourth-order valence-corrected chi connectivity index (χ4v) is 7.43. The number of amides is 3. The Bertz CT molecular complexity index is 1790. The summed E-state index contributed by atoms with van der Waals surface area (Å²) in [7, 11) is 0. The summed E-state index contributed by atoms with van der Waals surface area (Å²) in [4.78, 5) is 57.7. The van der Waals surface area contributed by atoms with Gasteiger partial charge in [0, 0.05) is 30.7 Å². The zero-order valence-corrected chi connectivity index (χ0v) is 26.7. The number of carbonyl (C=O) groups is 3. The van der Waals surface area contributed by atoms with Crippen molar-refractivity contribution in [2.24, 2.45) is 23.0 Å². The van der Waals surface area contributed by atoms with Crippen molar-refractivity contribution in [3.8, 4) is 0 Å². The van der Waals surface area contributed by atoms with Crippen molar-refractivity contribution in [3.63, 3.8) is 0 Å². The van der Waals surface area contributed by atoms with Gasteiger partial charge in [-0.2, -0.15) is 18.3 Å². The van der Waals surface area contributed by atoms with Gasteiger partial charge in [-0.25, -0.2) is 4.68 Å². The van der Waals surface area contributed by atoms with E-state index in [2.05, 4.69) is 15.4 Å². The molecule has 3 fully saturated rings. The zero-order chi connectivity index (χ0) is 34.0. The summed E-state index contributed by atoms with van der Waals surface area (Å²) >= 11 is 0. The number of carbonyl (C=O) groups excluding carboxylic acids is 3. The molecule has 2 unspecified atom stereocenters. The number of ether oxygens (including phenoxy) is 1. The summed E-state index contributed by atoms with van der Waals surface area (Å²) in [5.74, 6) is -3.33. The number of halogens is 3. The van der Waals surface area contributed by atoms with Gasteiger partial charge in [0.15, 0.2) is 5.69 Å². The number of hydrogen-bond acceptors (Lipinski definition) is 6. The van der Waals surface area contributed by atoms with Crippen LogP contribution in [0.5, 0.6) is 0 Å². The molecule has 2 saturated heterocycles. The third-order valence-corrected chi connectivity index (χ3v) is 10.2. The molecule has 47 heavy (non-hydrogen) atoms. The minimum Gasteiger partial charge on any atom is -0.368 e. The van der Waals surface area contributed by atoms with Crippen LogP contribution < -0.4 is 16.6 Å². The minimum absolute atomic E-state index is 0.0228. The van der Waals surface area contributed by atoms with Crippen LogP contribution in [0.1, 0.15) is 74.7 Å². The molecule has 6 rings (SSSR count).